The van der Waals surface area contributed by atoms with Crippen LogP contribution in [0.3, 0.4) is 0 Å². The number of rotatable bonds is 0. The third-order valence-corrected chi connectivity index (χ3v) is 2.07. The molecule has 0 aromatic rings. The third kappa shape index (κ3) is 6.15. The zero-order valence-corrected chi connectivity index (χ0v) is 8.15. The van der Waals surface area contributed by atoms with Crippen LogP contribution in [0.1, 0.15) is 32.1 Å². The van der Waals surface area contributed by atoms with Gasteiger partial charge in [-0.3, -0.25) is 0 Å². The molecule has 0 N–H and O–H groups in total. The Kier molecular flexibility index (Phi) is 5.87. The first-order valence-corrected chi connectivity index (χ1v) is 5.15. The molecule has 0 saturated heterocycles. The summed E-state index contributed by atoms with van der Waals surface area (Å²) in [6, 6.07) is 0. The summed E-state index contributed by atoms with van der Waals surface area (Å²) in [5.74, 6) is 0. The monoisotopic (exact) mass is 174 g/mol. The second-order valence-corrected chi connectivity index (χ2v) is 3.26. The molecule has 0 saturated carbocycles. The molecule has 0 bridgehead atoms. The van der Waals surface area contributed by atoms with Crippen molar-refractivity contribution in [1.29, 1.82) is 0 Å². The molecular weight excluding hydrogens is 156 g/mol. The third-order valence-electron chi connectivity index (χ3n) is 2.07. The van der Waals surface area contributed by atoms with Crippen molar-refractivity contribution in [3.05, 3.63) is 48.6 Å². The van der Waals surface area contributed by atoms with Crippen LogP contribution < -0.4 is 0 Å². The highest BCUT2D eigenvalue weighted by molar-refractivity contribution is 5.15. The van der Waals surface area contributed by atoms with Crippen LogP contribution in [0.5, 0.6) is 0 Å². The van der Waals surface area contributed by atoms with E-state index in [9.17, 15) is 0 Å². The molecular formula is C13H18. The summed E-state index contributed by atoms with van der Waals surface area (Å²) in [5.41, 5.74) is 0. The van der Waals surface area contributed by atoms with Crippen LogP contribution in [0.2, 0.25) is 0 Å². The Morgan fingerprint density at radius 3 is 1.46 bits per heavy atom. The molecule has 0 heterocycles. The zero-order chi connectivity index (χ0) is 9.19. The maximum atomic E-state index is 2.25. The molecule has 0 spiro atoms. The van der Waals surface area contributed by atoms with Gasteiger partial charge in [-0.15, -0.1) is 0 Å². The summed E-state index contributed by atoms with van der Waals surface area (Å²) in [6.07, 6.45) is 23.5. The largest absolute Gasteiger partial charge is 0.0845 e. The zero-order valence-electron chi connectivity index (χ0n) is 8.15. The van der Waals surface area contributed by atoms with Crippen LogP contribution in [0, 0.1) is 0 Å². The van der Waals surface area contributed by atoms with Gasteiger partial charge in [-0.2, -0.15) is 0 Å². The smallest absolute Gasteiger partial charge is 0.0348 e. The average molecular weight is 174 g/mol. The van der Waals surface area contributed by atoms with Crippen LogP contribution in [0.4, 0.5) is 0 Å². The van der Waals surface area contributed by atoms with Gasteiger partial charge in [0.25, 0.3) is 0 Å². The number of allylic oxidation sites excluding steroid dienone is 8. The second-order valence-electron chi connectivity index (χ2n) is 3.26. The van der Waals surface area contributed by atoms with E-state index in [1.165, 1.54) is 32.1 Å². The quantitative estimate of drug-likeness (QED) is 0.517. The molecule has 13 heavy (non-hydrogen) atoms. The van der Waals surface area contributed by atoms with Gasteiger partial charge in [-0.1, -0.05) is 55.0 Å². The summed E-state index contributed by atoms with van der Waals surface area (Å²) < 4.78 is 0. The molecule has 1 aliphatic rings. The van der Waals surface area contributed by atoms with Crippen molar-refractivity contribution in [3.8, 4) is 0 Å². The van der Waals surface area contributed by atoms with Gasteiger partial charge in [-0.05, 0) is 25.7 Å². The van der Waals surface area contributed by atoms with Gasteiger partial charge in [-0.25, -0.2) is 0 Å². The molecule has 0 aromatic heterocycles. The fraction of sp³-hybridized carbons (Fsp3) is 0.385. The van der Waals surface area contributed by atoms with E-state index in [1.54, 1.807) is 0 Å². The highest BCUT2D eigenvalue weighted by Crippen LogP contribution is 2.04. The minimum atomic E-state index is 1.22. The van der Waals surface area contributed by atoms with Gasteiger partial charge < -0.3 is 0 Å². The van der Waals surface area contributed by atoms with Crippen molar-refractivity contribution in [2.24, 2.45) is 0 Å². The Bertz CT molecular complexity index is 192. The highest BCUT2D eigenvalue weighted by Gasteiger charge is 1.85. The highest BCUT2D eigenvalue weighted by atomic mass is 13.9. The van der Waals surface area contributed by atoms with Crippen molar-refractivity contribution in [2.75, 3.05) is 0 Å². The molecule has 0 aromatic carbocycles. The van der Waals surface area contributed by atoms with Crippen molar-refractivity contribution < 1.29 is 0 Å². The van der Waals surface area contributed by atoms with Crippen LogP contribution in [-0.2, 0) is 0 Å². The summed E-state index contributed by atoms with van der Waals surface area (Å²) in [5, 5.41) is 0. The fourth-order valence-electron chi connectivity index (χ4n) is 1.31. The topological polar surface area (TPSA) is 0 Å². The Hall–Kier alpha value is -1.04. The summed E-state index contributed by atoms with van der Waals surface area (Å²) in [4.78, 5) is 0. The van der Waals surface area contributed by atoms with Crippen LogP contribution in [-0.4, -0.2) is 0 Å². The predicted octanol–water partition coefficient (Wildman–Crippen LogP) is 4.18. The van der Waals surface area contributed by atoms with Crippen molar-refractivity contribution in [1.82, 2.24) is 0 Å². The molecule has 0 radical (unpaired) electrons. The first kappa shape index (κ1) is 10.0. The molecule has 0 fully saturated rings. The number of hydrogen-bond acceptors (Lipinski definition) is 0. The first-order chi connectivity index (χ1) is 6.50. The minimum absolute atomic E-state index is 1.22. The van der Waals surface area contributed by atoms with E-state index < -0.39 is 0 Å². The predicted molar refractivity (Wildman–Crippen MR) is 59.6 cm³/mol. The molecule has 70 valence electrons. The van der Waals surface area contributed by atoms with E-state index in [0.717, 1.165) is 0 Å². The lowest BCUT2D eigenvalue weighted by Gasteiger charge is -1.93. The molecule has 0 aliphatic heterocycles. The molecule has 0 amide bonds. The molecule has 0 nitrogen and oxygen atoms in total. The fourth-order valence-corrected chi connectivity index (χ4v) is 1.31. The van der Waals surface area contributed by atoms with Gasteiger partial charge in [0.2, 0.25) is 0 Å². The molecule has 1 rings (SSSR count). The van der Waals surface area contributed by atoms with E-state index in [4.69, 9.17) is 0 Å². The summed E-state index contributed by atoms with van der Waals surface area (Å²) >= 11 is 0. The minimum Gasteiger partial charge on any atom is -0.0845 e. The van der Waals surface area contributed by atoms with Crippen LogP contribution >= 0.6 is 0 Å². The summed E-state index contributed by atoms with van der Waals surface area (Å²) in [7, 11) is 0. The lowest BCUT2D eigenvalue weighted by atomic mass is 10.1. The van der Waals surface area contributed by atoms with E-state index in [2.05, 4.69) is 48.6 Å². The van der Waals surface area contributed by atoms with Gasteiger partial charge in [0.1, 0.15) is 0 Å². The first-order valence-electron chi connectivity index (χ1n) is 5.15. The maximum absolute atomic E-state index is 2.25. The Morgan fingerprint density at radius 2 is 0.923 bits per heavy atom. The molecule has 0 heteroatoms. The Morgan fingerprint density at radius 1 is 0.462 bits per heavy atom. The SMILES string of the molecule is C1=C\C=C\CCCCC\C=C/C=C/1. The molecule has 1 aliphatic carbocycles. The van der Waals surface area contributed by atoms with E-state index >= 15 is 0 Å². The standard InChI is InChI=1S/C13H18/c1-2-4-6-8-10-12-13-11-9-7-5-3-1/h1-8H,9-13H2/b3-1-,4-2+,7-5+,8-6-. The maximum Gasteiger partial charge on any atom is -0.0348 e. The second kappa shape index (κ2) is 7.60. The van der Waals surface area contributed by atoms with Crippen molar-refractivity contribution in [2.45, 2.75) is 32.1 Å². The summed E-state index contributed by atoms with van der Waals surface area (Å²) in [6.45, 7) is 0. The Balaban J connectivity index is 2.39. The number of hydrogen-bond donors (Lipinski definition) is 0. The lowest BCUT2D eigenvalue weighted by molar-refractivity contribution is 0.696. The Labute approximate surface area is 81.4 Å². The van der Waals surface area contributed by atoms with Crippen LogP contribution in [0.15, 0.2) is 48.6 Å². The van der Waals surface area contributed by atoms with E-state index in [0.29, 0.717) is 0 Å². The van der Waals surface area contributed by atoms with Crippen LogP contribution in [0.25, 0.3) is 0 Å². The molecule has 0 atom stereocenters. The van der Waals surface area contributed by atoms with Gasteiger partial charge in [0.15, 0.2) is 0 Å². The van der Waals surface area contributed by atoms with Gasteiger partial charge in [0.05, 0.1) is 0 Å². The lowest BCUT2D eigenvalue weighted by Crippen LogP contribution is -1.74. The van der Waals surface area contributed by atoms with Crippen molar-refractivity contribution in [3.63, 3.8) is 0 Å². The van der Waals surface area contributed by atoms with E-state index in [-0.39, 0.29) is 0 Å². The average Bonchev–Trinajstić information content (AvgIpc) is 2.18. The van der Waals surface area contributed by atoms with Gasteiger partial charge in [0, 0.05) is 0 Å². The van der Waals surface area contributed by atoms with E-state index in [1.807, 2.05) is 0 Å². The van der Waals surface area contributed by atoms with Gasteiger partial charge >= 0.3 is 0 Å². The van der Waals surface area contributed by atoms with Crippen molar-refractivity contribution >= 4 is 0 Å². The normalized spacial score (nSPS) is 28.9. The molecule has 0 unspecified atom stereocenters.